The van der Waals surface area contributed by atoms with Gasteiger partial charge < -0.3 is 20.1 Å². The smallest absolute Gasteiger partial charge is 0.325 e. The van der Waals surface area contributed by atoms with Gasteiger partial charge in [-0.3, -0.25) is 4.79 Å². The summed E-state index contributed by atoms with van der Waals surface area (Å²) < 4.78 is 10.3. The Morgan fingerprint density at radius 3 is 2.83 bits per heavy atom. The Bertz CT molecular complexity index is 263. The van der Waals surface area contributed by atoms with E-state index in [2.05, 4.69) is 11.8 Å². The van der Waals surface area contributed by atoms with Gasteiger partial charge in [-0.25, -0.2) is 0 Å². The van der Waals surface area contributed by atoms with E-state index in [4.69, 9.17) is 15.2 Å². The molecular weight excluding hydrogens is 232 g/mol. The molecule has 1 aliphatic heterocycles. The standard InChI is InChI=1S/C13H26N2O3/c1-4-15(10-11-6-5-9-18-11)8-7-13(2,14)12(16)17-3/h11H,4-10,14H2,1-3H3. The predicted molar refractivity (Wildman–Crippen MR) is 70.3 cm³/mol. The summed E-state index contributed by atoms with van der Waals surface area (Å²) in [7, 11) is 1.37. The van der Waals surface area contributed by atoms with Gasteiger partial charge in [0, 0.05) is 19.7 Å². The fraction of sp³-hybridized carbons (Fsp3) is 0.923. The number of carbonyl (C=O) groups excluding carboxylic acids is 1. The van der Waals surface area contributed by atoms with Crippen LogP contribution in [0.4, 0.5) is 0 Å². The summed E-state index contributed by atoms with van der Waals surface area (Å²) in [4.78, 5) is 13.8. The van der Waals surface area contributed by atoms with E-state index in [0.717, 1.165) is 39.1 Å². The SMILES string of the molecule is CCN(CCC(C)(N)C(=O)OC)CC1CCCO1. The normalized spacial score (nSPS) is 23.1. The van der Waals surface area contributed by atoms with Crippen molar-refractivity contribution < 1.29 is 14.3 Å². The van der Waals surface area contributed by atoms with Crippen molar-refractivity contribution in [2.75, 3.05) is 33.4 Å². The fourth-order valence-corrected chi connectivity index (χ4v) is 2.18. The highest BCUT2D eigenvalue weighted by atomic mass is 16.5. The van der Waals surface area contributed by atoms with Crippen LogP contribution in [0, 0.1) is 0 Å². The number of nitrogens with zero attached hydrogens (tertiary/aromatic N) is 1. The summed E-state index contributed by atoms with van der Waals surface area (Å²) in [5.74, 6) is -0.351. The molecule has 1 saturated heterocycles. The Hall–Kier alpha value is -0.650. The number of hydrogen-bond donors (Lipinski definition) is 1. The van der Waals surface area contributed by atoms with Crippen LogP contribution < -0.4 is 5.73 Å². The third-order valence-corrected chi connectivity index (χ3v) is 3.53. The molecule has 2 atom stereocenters. The van der Waals surface area contributed by atoms with Crippen molar-refractivity contribution in [3.8, 4) is 0 Å². The second kappa shape index (κ2) is 7.07. The molecule has 0 spiro atoms. The number of hydrogen-bond acceptors (Lipinski definition) is 5. The Balaban J connectivity index is 2.36. The van der Waals surface area contributed by atoms with E-state index in [1.807, 2.05) is 0 Å². The first kappa shape index (κ1) is 15.4. The molecule has 0 aliphatic carbocycles. The maximum atomic E-state index is 11.5. The van der Waals surface area contributed by atoms with E-state index >= 15 is 0 Å². The molecule has 1 rings (SSSR count). The molecule has 0 saturated carbocycles. The van der Waals surface area contributed by atoms with Crippen molar-refractivity contribution in [1.82, 2.24) is 4.90 Å². The van der Waals surface area contributed by atoms with Crippen LogP contribution >= 0.6 is 0 Å². The number of nitrogens with two attached hydrogens (primary N) is 1. The molecule has 0 bridgehead atoms. The van der Waals surface area contributed by atoms with Crippen molar-refractivity contribution in [3.63, 3.8) is 0 Å². The van der Waals surface area contributed by atoms with Crippen molar-refractivity contribution in [1.29, 1.82) is 0 Å². The topological polar surface area (TPSA) is 64.8 Å². The average molecular weight is 258 g/mol. The van der Waals surface area contributed by atoms with E-state index in [9.17, 15) is 4.79 Å². The lowest BCUT2D eigenvalue weighted by Gasteiger charge is -2.28. The van der Waals surface area contributed by atoms with Crippen LogP contribution in [0.3, 0.4) is 0 Å². The van der Waals surface area contributed by atoms with E-state index in [0.29, 0.717) is 12.5 Å². The molecule has 5 heteroatoms. The minimum Gasteiger partial charge on any atom is -0.468 e. The fourth-order valence-electron chi connectivity index (χ4n) is 2.18. The van der Waals surface area contributed by atoms with Crippen molar-refractivity contribution in [2.45, 2.75) is 44.8 Å². The summed E-state index contributed by atoms with van der Waals surface area (Å²) in [5.41, 5.74) is 5.05. The molecule has 18 heavy (non-hydrogen) atoms. The Kier molecular flexibility index (Phi) is 6.05. The monoisotopic (exact) mass is 258 g/mol. The molecular formula is C13H26N2O3. The molecule has 0 aromatic rings. The molecule has 1 aliphatic rings. The minimum atomic E-state index is -0.904. The van der Waals surface area contributed by atoms with Gasteiger partial charge in [0.25, 0.3) is 0 Å². The van der Waals surface area contributed by atoms with E-state index in [1.165, 1.54) is 7.11 Å². The van der Waals surface area contributed by atoms with Gasteiger partial charge in [-0.2, -0.15) is 0 Å². The van der Waals surface area contributed by atoms with Crippen LogP contribution in [-0.2, 0) is 14.3 Å². The molecule has 2 unspecified atom stereocenters. The highest BCUT2D eigenvalue weighted by molar-refractivity contribution is 5.79. The van der Waals surface area contributed by atoms with Gasteiger partial charge in [0.2, 0.25) is 0 Å². The van der Waals surface area contributed by atoms with Crippen molar-refractivity contribution in [3.05, 3.63) is 0 Å². The van der Waals surface area contributed by atoms with Crippen LogP contribution in [0.5, 0.6) is 0 Å². The molecule has 0 aromatic heterocycles. The number of methoxy groups -OCH3 is 1. The number of rotatable bonds is 7. The first-order chi connectivity index (χ1) is 8.49. The highest BCUT2D eigenvalue weighted by Crippen LogP contribution is 2.15. The summed E-state index contributed by atoms with van der Waals surface area (Å²) in [5, 5.41) is 0. The maximum Gasteiger partial charge on any atom is 0.325 e. The number of carbonyl (C=O) groups is 1. The van der Waals surface area contributed by atoms with Gasteiger partial charge in [-0.05, 0) is 32.7 Å². The van der Waals surface area contributed by atoms with Gasteiger partial charge in [0.05, 0.1) is 13.2 Å². The third-order valence-electron chi connectivity index (χ3n) is 3.53. The summed E-state index contributed by atoms with van der Waals surface area (Å²) in [6.45, 7) is 7.36. The molecule has 0 amide bonds. The maximum absolute atomic E-state index is 11.5. The first-order valence-corrected chi connectivity index (χ1v) is 6.71. The molecule has 0 radical (unpaired) electrons. The van der Waals surface area contributed by atoms with Crippen LogP contribution in [0.15, 0.2) is 0 Å². The largest absolute Gasteiger partial charge is 0.468 e. The number of ether oxygens (including phenoxy) is 2. The van der Waals surface area contributed by atoms with E-state index in [-0.39, 0.29) is 5.97 Å². The molecule has 2 N–H and O–H groups in total. The van der Waals surface area contributed by atoms with Crippen LogP contribution in [-0.4, -0.2) is 55.9 Å². The number of esters is 1. The highest BCUT2D eigenvalue weighted by Gasteiger charge is 2.30. The van der Waals surface area contributed by atoms with Gasteiger partial charge in [0.1, 0.15) is 5.54 Å². The zero-order valence-corrected chi connectivity index (χ0v) is 11.8. The lowest BCUT2D eigenvalue weighted by Crippen LogP contribution is -2.48. The van der Waals surface area contributed by atoms with Gasteiger partial charge >= 0.3 is 5.97 Å². The first-order valence-electron chi connectivity index (χ1n) is 6.71. The molecule has 0 aromatic carbocycles. The van der Waals surface area contributed by atoms with Crippen molar-refractivity contribution >= 4 is 5.97 Å². The molecule has 5 nitrogen and oxygen atoms in total. The molecule has 106 valence electrons. The lowest BCUT2D eigenvalue weighted by molar-refractivity contribution is -0.146. The van der Waals surface area contributed by atoms with E-state index < -0.39 is 5.54 Å². The second-order valence-electron chi connectivity index (χ2n) is 5.19. The predicted octanol–water partition coefficient (Wildman–Crippen LogP) is 0.768. The van der Waals surface area contributed by atoms with Gasteiger partial charge in [0.15, 0.2) is 0 Å². The van der Waals surface area contributed by atoms with Gasteiger partial charge in [-0.1, -0.05) is 6.92 Å². The zero-order chi connectivity index (χ0) is 13.6. The summed E-state index contributed by atoms with van der Waals surface area (Å²) in [6.07, 6.45) is 3.22. The Morgan fingerprint density at radius 1 is 1.61 bits per heavy atom. The van der Waals surface area contributed by atoms with Crippen molar-refractivity contribution in [2.24, 2.45) is 5.73 Å². The molecule has 1 heterocycles. The third kappa shape index (κ3) is 4.55. The minimum absolute atomic E-state index is 0.340. The zero-order valence-electron chi connectivity index (χ0n) is 11.8. The average Bonchev–Trinajstić information content (AvgIpc) is 2.86. The Morgan fingerprint density at radius 2 is 2.33 bits per heavy atom. The van der Waals surface area contributed by atoms with E-state index in [1.54, 1.807) is 6.92 Å². The van der Waals surface area contributed by atoms with Crippen LogP contribution in [0.2, 0.25) is 0 Å². The summed E-state index contributed by atoms with van der Waals surface area (Å²) >= 11 is 0. The lowest BCUT2D eigenvalue weighted by atomic mass is 9.99. The number of likely N-dealkylation sites (N-methyl/N-ethyl adjacent to an activating group) is 1. The summed E-state index contributed by atoms with van der Waals surface area (Å²) in [6, 6.07) is 0. The Labute approximate surface area is 110 Å². The quantitative estimate of drug-likeness (QED) is 0.683. The van der Waals surface area contributed by atoms with Crippen LogP contribution in [0.25, 0.3) is 0 Å². The second-order valence-corrected chi connectivity index (χ2v) is 5.19. The van der Waals surface area contributed by atoms with Gasteiger partial charge in [-0.15, -0.1) is 0 Å². The van der Waals surface area contributed by atoms with Crippen LogP contribution in [0.1, 0.15) is 33.1 Å². The molecule has 1 fully saturated rings.